The number of rotatable bonds is 0. The Kier molecular flexibility index (Phi) is 1.80. The molecule has 0 saturated carbocycles. The van der Waals surface area contributed by atoms with Gasteiger partial charge in [-0.15, -0.1) is 0 Å². The molecular formula is C8H17N. The lowest BCUT2D eigenvalue weighted by Crippen LogP contribution is -3.08. The first-order valence-electron chi connectivity index (χ1n) is 3.77. The normalized spacial score (nSPS) is 28.3. The Labute approximate surface area is 58.0 Å². The minimum absolute atomic E-state index is 0.598. The van der Waals surface area contributed by atoms with Crippen molar-refractivity contribution in [2.24, 2.45) is 5.41 Å². The second-order valence-electron chi connectivity index (χ2n) is 3.91. The Hall–Kier alpha value is -0.0400. The first-order chi connectivity index (χ1) is 4.10. The topological polar surface area (TPSA) is 4.44 Å². The molecule has 9 heavy (non-hydrogen) atoms. The highest BCUT2D eigenvalue weighted by molar-refractivity contribution is 4.69. The lowest BCUT2D eigenvalue weighted by Gasteiger charge is -2.35. The van der Waals surface area contributed by atoms with Gasteiger partial charge in [0.2, 0.25) is 0 Å². The second-order valence-corrected chi connectivity index (χ2v) is 3.91. The van der Waals surface area contributed by atoms with Crippen molar-refractivity contribution in [1.29, 1.82) is 0 Å². The van der Waals surface area contributed by atoms with Gasteiger partial charge in [-0.25, -0.2) is 0 Å². The molecule has 0 aromatic heterocycles. The molecular weight excluding hydrogens is 110 g/mol. The maximum atomic E-state index is 3.98. The minimum atomic E-state index is 0.598. The van der Waals surface area contributed by atoms with Crippen molar-refractivity contribution in [3.05, 3.63) is 7.05 Å². The van der Waals surface area contributed by atoms with Gasteiger partial charge in [-0.3, -0.25) is 0 Å². The molecule has 1 nitrogen and oxygen atoms in total. The van der Waals surface area contributed by atoms with Crippen molar-refractivity contribution in [3.63, 3.8) is 0 Å². The van der Waals surface area contributed by atoms with Crippen LogP contribution >= 0.6 is 0 Å². The van der Waals surface area contributed by atoms with Gasteiger partial charge in [-0.05, 0) is 18.3 Å². The molecule has 0 amide bonds. The third kappa shape index (κ3) is 1.98. The van der Waals surface area contributed by atoms with Crippen molar-refractivity contribution < 1.29 is 4.90 Å². The molecule has 1 rings (SSSR count). The number of quaternary nitrogens is 1. The summed E-state index contributed by atoms with van der Waals surface area (Å²) in [6, 6.07) is 0. The zero-order valence-corrected chi connectivity index (χ0v) is 6.54. The number of likely N-dealkylation sites (tertiary alicyclic amines) is 1. The number of piperidine rings is 1. The molecule has 1 aliphatic rings. The Morgan fingerprint density at radius 3 is 2.00 bits per heavy atom. The molecule has 1 saturated heterocycles. The Morgan fingerprint density at radius 2 is 1.67 bits per heavy atom. The lowest BCUT2D eigenvalue weighted by molar-refractivity contribution is -0.861. The van der Waals surface area contributed by atoms with Crippen LogP contribution in [0.2, 0.25) is 0 Å². The van der Waals surface area contributed by atoms with Gasteiger partial charge in [0.1, 0.15) is 0 Å². The monoisotopic (exact) mass is 127 g/mol. The van der Waals surface area contributed by atoms with Crippen LogP contribution in [0.25, 0.3) is 0 Å². The van der Waals surface area contributed by atoms with E-state index in [2.05, 4.69) is 20.9 Å². The van der Waals surface area contributed by atoms with Crippen LogP contribution < -0.4 is 4.90 Å². The zero-order valence-electron chi connectivity index (χ0n) is 6.54. The van der Waals surface area contributed by atoms with Crippen molar-refractivity contribution in [1.82, 2.24) is 0 Å². The summed E-state index contributed by atoms with van der Waals surface area (Å²) in [6.45, 7) is 7.21. The first-order valence-corrected chi connectivity index (χ1v) is 3.77. The van der Waals surface area contributed by atoms with E-state index in [9.17, 15) is 0 Å². The number of hydrogen-bond acceptors (Lipinski definition) is 0. The molecule has 0 aliphatic carbocycles. The molecule has 1 aliphatic heterocycles. The maximum absolute atomic E-state index is 3.98. The van der Waals surface area contributed by atoms with Gasteiger partial charge in [-0.2, -0.15) is 7.05 Å². The average molecular weight is 127 g/mol. The van der Waals surface area contributed by atoms with Crippen LogP contribution in [0, 0.1) is 12.5 Å². The van der Waals surface area contributed by atoms with Crippen molar-refractivity contribution in [2.45, 2.75) is 26.7 Å². The third-order valence-electron chi connectivity index (χ3n) is 2.31. The largest absolute Gasteiger partial charge is 0.468 e. The van der Waals surface area contributed by atoms with E-state index in [1.165, 1.54) is 30.8 Å². The van der Waals surface area contributed by atoms with Crippen LogP contribution in [0.4, 0.5) is 0 Å². The van der Waals surface area contributed by atoms with Crippen LogP contribution in [0.3, 0.4) is 0 Å². The van der Waals surface area contributed by atoms with E-state index in [-0.39, 0.29) is 0 Å². The highest BCUT2D eigenvalue weighted by Gasteiger charge is 2.23. The standard InChI is InChI=1S/C8H17N/c1-8(2)4-6-9(3)7-5-8/h9H,3-7H2,1-2H3. The molecule has 1 N–H and O–H groups in total. The fourth-order valence-corrected chi connectivity index (χ4v) is 1.28. The molecule has 0 aromatic rings. The fraction of sp³-hybridized carbons (Fsp3) is 0.875. The van der Waals surface area contributed by atoms with Crippen LogP contribution in [-0.2, 0) is 0 Å². The highest BCUT2D eigenvalue weighted by Crippen LogP contribution is 2.24. The van der Waals surface area contributed by atoms with Gasteiger partial charge >= 0.3 is 0 Å². The summed E-state index contributed by atoms with van der Waals surface area (Å²) in [5.74, 6) is 0. The molecule has 0 atom stereocenters. The molecule has 0 radical (unpaired) electrons. The predicted molar refractivity (Wildman–Crippen MR) is 39.1 cm³/mol. The summed E-state index contributed by atoms with van der Waals surface area (Å²) < 4.78 is 0. The Bertz CT molecular complexity index is 86.7. The Balaban J connectivity index is 2.35. The average Bonchev–Trinajstić information content (AvgIpc) is 1.78. The minimum Gasteiger partial charge on any atom is -0.468 e. The van der Waals surface area contributed by atoms with Gasteiger partial charge in [-0.1, -0.05) is 13.8 Å². The van der Waals surface area contributed by atoms with E-state index in [1.54, 1.807) is 0 Å². The number of hydrogen-bond donors (Lipinski definition) is 1. The molecule has 54 valence electrons. The van der Waals surface area contributed by atoms with E-state index < -0.39 is 0 Å². The van der Waals surface area contributed by atoms with E-state index in [0.717, 1.165) is 0 Å². The summed E-state index contributed by atoms with van der Waals surface area (Å²) in [5, 5.41) is 0. The van der Waals surface area contributed by atoms with E-state index in [1.807, 2.05) is 0 Å². The molecule has 1 heteroatoms. The third-order valence-corrected chi connectivity index (χ3v) is 2.31. The smallest absolute Gasteiger partial charge is 0.0535 e. The fourth-order valence-electron chi connectivity index (χ4n) is 1.28. The van der Waals surface area contributed by atoms with Gasteiger partial charge in [0.25, 0.3) is 0 Å². The molecule has 0 bridgehead atoms. The molecule has 0 aromatic carbocycles. The predicted octanol–water partition coefficient (Wildman–Crippen LogP) is 0.483. The lowest BCUT2D eigenvalue weighted by atomic mass is 9.83. The van der Waals surface area contributed by atoms with Crippen LogP contribution in [0.5, 0.6) is 0 Å². The van der Waals surface area contributed by atoms with Crippen molar-refractivity contribution in [3.8, 4) is 0 Å². The Morgan fingerprint density at radius 1 is 1.22 bits per heavy atom. The summed E-state index contributed by atoms with van der Waals surface area (Å²) in [5.41, 5.74) is 0.598. The maximum Gasteiger partial charge on any atom is 0.0535 e. The molecule has 0 spiro atoms. The molecule has 0 unspecified atom stereocenters. The van der Waals surface area contributed by atoms with Crippen LogP contribution in [-0.4, -0.2) is 13.1 Å². The van der Waals surface area contributed by atoms with Gasteiger partial charge in [0, 0.05) is 0 Å². The van der Waals surface area contributed by atoms with Crippen molar-refractivity contribution >= 4 is 0 Å². The van der Waals surface area contributed by atoms with Gasteiger partial charge in [0.15, 0.2) is 0 Å². The first kappa shape index (κ1) is 7.07. The summed E-state index contributed by atoms with van der Waals surface area (Å²) >= 11 is 0. The van der Waals surface area contributed by atoms with Gasteiger partial charge in [0.05, 0.1) is 13.1 Å². The summed E-state index contributed by atoms with van der Waals surface area (Å²) in [7, 11) is 3.98. The van der Waals surface area contributed by atoms with E-state index >= 15 is 0 Å². The summed E-state index contributed by atoms with van der Waals surface area (Å²) in [4.78, 5) is 1.45. The van der Waals surface area contributed by atoms with Crippen molar-refractivity contribution in [2.75, 3.05) is 13.1 Å². The van der Waals surface area contributed by atoms with E-state index in [0.29, 0.717) is 5.41 Å². The van der Waals surface area contributed by atoms with Crippen LogP contribution in [0.1, 0.15) is 26.7 Å². The van der Waals surface area contributed by atoms with Gasteiger partial charge < -0.3 is 4.90 Å². The number of nitrogens with one attached hydrogen (secondary N) is 1. The SMILES string of the molecule is [CH2-][NH+]1CCC(C)(C)CC1. The molecule has 1 heterocycles. The highest BCUT2D eigenvalue weighted by atomic mass is 15.1. The quantitative estimate of drug-likeness (QED) is 0.451. The van der Waals surface area contributed by atoms with Crippen LogP contribution in [0.15, 0.2) is 0 Å². The zero-order chi connectivity index (χ0) is 6.91. The second kappa shape index (κ2) is 2.30. The van der Waals surface area contributed by atoms with E-state index in [4.69, 9.17) is 0 Å². The molecule has 1 fully saturated rings. The summed E-state index contributed by atoms with van der Waals surface area (Å²) in [6.07, 6.45) is 2.68.